The Morgan fingerprint density at radius 2 is 1.85 bits per heavy atom. The smallest absolute Gasteiger partial charge is 0.0210 e. The molecule has 2 fully saturated rings. The fourth-order valence-electron chi connectivity index (χ4n) is 4.80. The molecule has 1 saturated carbocycles. The third kappa shape index (κ3) is 2.25. The topological polar surface area (TPSA) is 12.0 Å². The Labute approximate surface area is 131 Å². The van der Waals surface area contributed by atoms with Crippen molar-refractivity contribution < 1.29 is 0 Å². The van der Waals surface area contributed by atoms with Crippen molar-refractivity contribution in [3.8, 4) is 0 Å². The van der Waals surface area contributed by atoms with Gasteiger partial charge in [0.1, 0.15) is 0 Å². The average Bonchev–Trinajstić information content (AvgIpc) is 2.44. The lowest BCUT2D eigenvalue weighted by Crippen LogP contribution is -2.53. The van der Waals surface area contributed by atoms with Crippen LogP contribution < -0.4 is 5.32 Å². The van der Waals surface area contributed by atoms with E-state index in [0.29, 0.717) is 16.7 Å². The van der Waals surface area contributed by atoms with Crippen LogP contribution in [0.3, 0.4) is 0 Å². The van der Waals surface area contributed by atoms with Gasteiger partial charge in [-0.3, -0.25) is 0 Å². The second-order valence-electron chi connectivity index (χ2n) is 7.28. The second kappa shape index (κ2) is 5.46. The Hall–Kier alpha value is -0.340. The van der Waals surface area contributed by atoms with Gasteiger partial charge in [0.25, 0.3) is 0 Å². The molecule has 2 aliphatic rings. The monoisotopic (exact) mass is 335 g/mol. The molecule has 1 aromatic carbocycles. The molecule has 1 saturated heterocycles. The molecule has 1 N–H and O–H groups in total. The van der Waals surface area contributed by atoms with Crippen molar-refractivity contribution in [3.05, 3.63) is 34.3 Å². The van der Waals surface area contributed by atoms with Crippen LogP contribution in [0.4, 0.5) is 0 Å². The van der Waals surface area contributed by atoms with Crippen LogP contribution >= 0.6 is 15.9 Å². The summed E-state index contributed by atoms with van der Waals surface area (Å²) in [6, 6.07) is 8.85. The summed E-state index contributed by atoms with van der Waals surface area (Å²) in [7, 11) is 0. The standard InChI is InChI=1S/C18H26BrN/c1-17(2)9-5-6-10-18(17)11-12-20-13-15(18)14-7-3-4-8-16(14)19/h3-4,7-8,15,20H,5-6,9-13H2,1-2H3. The Balaban J connectivity index is 2.05. The van der Waals surface area contributed by atoms with Crippen LogP contribution in [0.25, 0.3) is 0 Å². The second-order valence-corrected chi connectivity index (χ2v) is 8.13. The summed E-state index contributed by atoms with van der Waals surface area (Å²) in [6.07, 6.45) is 6.92. The maximum absolute atomic E-state index is 3.79. The third-order valence-electron chi connectivity index (χ3n) is 6.07. The van der Waals surface area contributed by atoms with Crippen molar-refractivity contribution >= 4 is 15.9 Å². The molecule has 2 unspecified atom stereocenters. The number of halogens is 1. The number of hydrogen-bond donors (Lipinski definition) is 1. The van der Waals surface area contributed by atoms with Gasteiger partial charge < -0.3 is 5.32 Å². The molecule has 0 aromatic heterocycles. The summed E-state index contributed by atoms with van der Waals surface area (Å²) in [6.45, 7) is 7.35. The van der Waals surface area contributed by atoms with Gasteiger partial charge in [0.05, 0.1) is 0 Å². The van der Waals surface area contributed by atoms with E-state index in [-0.39, 0.29) is 0 Å². The van der Waals surface area contributed by atoms with Gasteiger partial charge in [-0.25, -0.2) is 0 Å². The van der Waals surface area contributed by atoms with E-state index in [9.17, 15) is 0 Å². The molecule has 1 nitrogen and oxygen atoms in total. The molecule has 0 radical (unpaired) electrons. The molecule has 1 spiro atoms. The third-order valence-corrected chi connectivity index (χ3v) is 6.79. The zero-order valence-corrected chi connectivity index (χ0v) is 14.3. The fourth-order valence-corrected chi connectivity index (χ4v) is 5.36. The summed E-state index contributed by atoms with van der Waals surface area (Å²) >= 11 is 3.79. The molecule has 1 aliphatic heterocycles. The summed E-state index contributed by atoms with van der Waals surface area (Å²) in [5.41, 5.74) is 2.43. The van der Waals surface area contributed by atoms with Crippen molar-refractivity contribution in [1.29, 1.82) is 0 Å². The molecule has 1 aliphatic carbocycles. The highest BCUT2D eigenvalue weighted by Gasteiger charge is 2.52. The molecule has 0 bridgehead atoms. The van der Waals surface area contributed by atoms with Gasteiger partial charge in [0.2, 0.25) is 0 Å². The number of benzene rings is 1. The van der Waals surface area contributed by atoms with Crippen LogP contribution in [0.2, 0.25) is 0 Å². The molecule has 0 amide bonds. The Morgan fingerprint density at radius 1 is 1.10 bits per heavy atom. The Kier molecular flexibility index (Phi) is 3.98. The maximum atomic E-state index is 3.79. The largest absolute Gasteiger partial charge is 0.316 e. The van der Waals surface area contributed by atoms with E-state index in [1.165, 1.54) is 48.7 Å². The van der Waals surface area contributed by atoms with Crippen molar-refractivity contribution in [2.45, 2.75) is 51.9 Å². The number of hydrogen-bond acceptors (Lipinski definition) is 1. The van der Waals surface area contributed by atoms with E-state index in [0.717, 1.165) is 6.54 Å². The highest BCUT2D eigenvalue weighted by molar-refractivity contribution is 9.10. The van der Waals surface area contributed by atoms with Crippen LogP contribution in [0.1, 0.15) is 57.4 Å². The first-order valence-electron chi connectivity index (χ1n) is 8.02. The van der Waals surface area contributed by atoms with Crippen LogP contribution in [-0.4, -0.2) is 13.1 Å². The van der Waals surface area contributed by atoms with Gasteiger partial charge in [-0.05, 0) is 48.3 Å². The van der Waals surface area contributed by atoms with E-state index in [2.05, 4.69) is 59.4 Å². The fraction of sp³-hybridized carbons (Fsp3) is 0.667. The summed E-state index contributed by atoms with van der Waals surface area (Å²) in [5, 5.41) is 3.65. The molecule has 2 heteroatoms. The van der Waals surface area contributed by atoms with Crippen molar-refractivity contribution in [2.75, 3.05) is 13.1 Å². The van der Waals surface area contributed by atoms with Crippen molar-refractivity contribution in [1.82, 2.24) is 5.32 Å². The first kappa shape index (κ1) is 14.6. The molecular weight excluding hydrogens is 310 g/mol. The SMILES string of the molecule is CC1(C)CCCCC12CCNCC2c1ccccc1Br. The zero-order chi connectivity index (χ0) is 14.2. The van der Waals surface area contributed by atoms with Crippen molar-refractivity contribution in [2.24, 2.45) is 10.8 Å². The summed E-state index contributed by atoms with van der Waals surface area (Å²) in [4.78, 5) is 0. The van der Waals surface area contributed by atoms with E-state index in [4.69, 9.17) is 0 Å². The van der Waals surface area contributed by atoms with E-state index < -0.39 is 0 Å². The lowest BCUT2D eigenvalue weighted by atomic mass is 9.49. The minimum atomic E-state index is 0.452. The van der Waals surface area contributed by atoms with Gasteiger partial charge in [-0.2, -0.15) is 0 Å². The Morgan fingerprint density at radius 3 is 2.60 bits per heavy atom. The molecule has 1 heterocycles. The number of rotatable bonds is 1. The first-order valence-corrected chi connectivity index (χ1v) is 8.81. The molecule has 3 rings (SSSR count). The van der Waals surface area contributed by atoms with Gasteiger partial charge in [-0.1, -0.05) is 60.8 Å². The minimum Gasteiger partial charge on any atom is -0.316 e. The van der Waals surface area contributed by atoms with Gasteiger partial charge in [0.15, 0.2) is 0 Å². The predicted molar refractivity (Wildman–Crippen MR) is 89.1 cm³/mol. The van der Waals surface area contributed by atoms with Gasteiger partial charge in [-0.15, -0.1) is 0 Å². The predicted octanol–water partition coefficient (Wildman–Crippen LogP) is 5.11. The summed E-state index contributed by atoms with van der Waals surface area (Å²) < 4.78 is 1.29. The van der Waals surface area contributed by atoms with Gasteiger partial charge >= 0.3 is 0 Å². The van der Waals surface area contributed by atoms with Crippen LogP contribution in [0, 0.1) is 10.8 Å². The summed E-state index contributed by atoms with van der Waals surface area (Å²) in [5.74, 6) is 0.641. The average molecular weight is 336 g/mol. The minimum absolute atomic E-state index is 0.452. The molecule has 2 atom stereocenters. The van der Waals surface area contributed by atoms with Crippen LogP contribution in [0.5, 0.6) is 0 Å². The van der Waals surface area contributed by atoms with E-state index in [1.54, 1.807) is 0 Å². The molecule has 20 heavy (non-hydrogen) atoms. The lowest BCUT2D eigenvalue weighted by Gasteiger charge is -2.57. The quantitative estimate of drug-likeness (QED) is 0.751. The number of nitrogens with one attached hydrogen (secondary N) is 1. The number of piperidine rings is 1. The maximum Gasteiger partial charge on any atom is 0.0210 e. The van der Waals surface area contributed by atoms with E-state index in [1.807, 2.05) is 0 Å². The van der Waals surface area contributed by atoms with Gasteiger partial charge in [0, 0.05) is 16.9 Å². The van der Waals surface area contributed by atoms with Crippen LogP contribution in [-0.2, 0) is 0 Å². The zero-order valence-electron chi connectivity index (χ0n) is 12.7. The highest BCUT2D eigenvalue weighted by atomic mass is 79.9. The van der Waals surface area contributed by atoms with E-state index >= 15 is 0 Å². The molecule has 1 aromatic rings. The lowest BCUT2D eigenvalue weighted by molar-refractivity contribution is -0.0322. The van der Waals surface area contributed by atoms with Crippen LogP contribution in [0.15, 0.2) is 28.7 Å². The first-order chi connectivity index (χ1) is 9.57. The normalized spacial score (nSPS) is 33.2. The Bertz CT molecular complexity index is 476. The molecule has 110 valence electrons. The molecular formula is C18H26BrN. The highest BCUT2D eigenvalue weighted by Crippen LogP contribution is 2.60. The van der Waals surface area contributed by atoms with Crippen molar-refractivity contribution in [3.63, 3.8) is 0 Å².